The molecule has 1 aromatic heterocycles. The van der Waals surface area contributed by atoms with Gasteiger partial charge in [0.15, 0.2) is 5.13 Å². The lowest BCUT2D eigenvalue weighted by Crippen LogP contribution is -2.39. The molecule has 0 fully saturated rings. The fourth-order valence-corrected chi connectivity index (χ4v) is 2.66. The van der Waals surface area contributed by atoms with Crippen molar-refractivity contribution in [3.8, 4) is 0 Å². The van der Waals surface area contributed by atoms with Crippen LogP contribution in [0.5, 0.6) is 0 Å². The minimum atomic E-state index is -0.672. The van der Waals surface area contributed by atoms with Crippen molar-refractivity contribution in [1.82, 2.24) is 4.98 Å². The summed E-state index contributed by atoms with van der Waals surface area (Å²) in [4.78, 5) is 31.0. The molecule has 0 radical (unpaired) electrons. The molecule has 6 heteroatoms. The van der Waals surface area contributed by atoms with Crippen molar-refractivity contribution in [3.63, 3.8) is 0 Å². The van der Waals surface area contributed by atoms with Gasteiger partial charge in [0.1, 0.15) is 0 Å². The number of anilines is 2. The van der Waals surface area contributed by atoms with Crippen molar-refractivity contribution in [1.29, 1.82) is 0 Å². The minimum absolute atomic E-state index is 0.423. The van der Waals surface area contributed by atoms with Gasteiger partial charge >= 0.3 is 11.8 Å². The first kappa shape index (κ1) is 15.2. The summed E-state index contributed by atoms with van der Waals surface area (Å²) in [6, 6.07) is 9.12. The van der Waals surface area contributed by atoms with E-state index in [4.69, 9.17) is 0 Å². The Morgan fingerprint density at radius 3 is 2.43 bits per heavy atom. The molecule has 0 atom stereocenters. The van der Waals surface area contributed by atoms with Crippen molar-refractivity contribution < 1.29 is 9.59 Å². The van der Waals surface area contributed by atoms with Gasteiger partial charge in [-0.3, -0.25) is 14.9 Å². The van der Waals surface area contributed by atoms with Crippen LogP contribution >= 0.6 is 11.3 Å². The fourth-order valence-electron chi connectivity index (χ4n) is 1.85. The number of aryl methyl sites for hydroxylation is 2. The largest absolute Gasteiger partial charge is 0.316 e. The van der Waals surface area contributed by atoms with E-state index in [-0.39, 0.29) is 0 Å². The van der Waals surface area contributed by atoms with E-state index >= 15 is 0 Å². The molecule has 0 saturated heterocycles. The number of nitrogens with one attached hydrogen (secondary N) is 1. The summed E-state index contributed by atoms with van der Waals surface area (Å²) >= 11 is 1.36. The third kappa shape index (κ3) is 3.46. The second-order valence-corrected chi connectivity index (χ2v) is 5.70. The monoisotopic (exact) mass is 303 g/mol. The Morgan fingerprint density at radius 1 is 1.24 bits per heavy atom. The summed E-state index contributed by atoms with van der Waals surface area (Å²) < 4.78 is 0. The standard InChI is InChI=1S/C15H17N3O2S/c1-4-18(12-8-6-5-7-9-12)14(20)13(19)17-15-16-10(2)11(3)21-15/h5-9H,4H2,1-3H3,(H,16,17,19). The smallest absolute Gasteiger partial charge is 0.304 e. The molecule has 0 aliphatic rings. The van der Waals surface area contributed by atoms with Crippen LogP contribution in [0.2, 0.25) is 0 Å². The third-order valence-electron chi connectivity index (χ3n) is 3.07. The quantitative estimate of drug-likeness (QED) is 0.887. The molecule has 2 aromatic rings. The highest BCUT2D eigenvalue weighted by Gasteiger charge is 2.23. The third-order valence-corrected chi connectivity index (χ3v) is 4.06. The maximum atomic E-state index is 12.3. The summed E-state index contributed by atoms with van der Waals surface area (Å²) in [5.74, 6) is -1.26. The second-order valence-electron chi connectivity index (χ2n) is 4.50. The molecule has 0 aliphatic carbocycles. The summed E-state index contributed by atoms with van der Waals surface area (Å²) in [7, 11) is 0. The maximum Gasteiger partial charge on any atom is 0.316 e. The van der Waals surface area contributed by atoms with E-state index in [1.54, 1.807) is 12.1 Å². The summed E-state index contributed by atoms with van der Waals surface area (Å²) in [6.45, 7) is 6.04. The Hall–Kier alpha value is -2.21. The highest BCUT2D eigenvalue weighted by atomic mass is 32.1. The topological polar surface area (TPSA) is 62.3 Å². The molecule has 0 bridgehead atoms. The van der Waals surface area contributed by atoms with Gasteiger partial charge in [-0.25, -0.2) is 4.98 Å². The van der Waals surface area contributed by atoms with Crippen LogP contribution in [0.15, 0.2) is 30.3 Å². The number of thiazole rings is 1. The second kappa shape index (κ2) is 6.49. The van der Waals surface area contributed by atoms with Gasteiger partial charge < -0.3 is 4.90 Å². The van der Waals surface area contributed by atoms with Crippen LogP contribution in [0.4, 0.5) is 10.8 Å². The zero-order valence-electron chi connectivity index (χ0n) is 12.2. The number of aromatic nitrogens is 1. The van der Waals surface area contributed by atoms with Crippen LogP contribution in [-0.4, -0.2) is 23.3 Å². The first-order valence-corrected chi connectivity index (χ1v) is 7.46. The number of benzene rings is 1. The molecular formula is C15H17N3O2S. The molecule has 1 N–H and O–H groups in total. The molecule has 0 aliphatic heterocycles. The van der Waals surface area contributed by atoms with E-state index in [1.807, 2.05) is 39.0 Å². The lowest BCUT2D eigenvalue weighted by molar-refractivity contribution is -0.134. The van der Waals surface area contributed by atoms with E-state index in [0.29, 0.717) is 17.4 Å². The Balaban J connectivity index is 2.12. The van der Waals surface area contributed by atoms with Crippen molar-refractivity contribution in [2.45, 2.75) is 20.8 Å². The van der Waals surface area contributed by atoms with Gasteiger partial charge in [-0.2, -0.15) is 0 Å². The van der Waals surface area contributed by atoms with Crippen LogP contribution in [0, 0.1) is 13.8 Å². The predicted molar refractivity (Wildman–Crippen MR) is 84.7 cm³/mol. The average Bonchev–Trinajstić information content (AvgIpc) is 2.79. The van der Waals surface area contributed by atoms with Crippen molar-refractivity contribution >= 4 is 34.0 Å². The van der Waals surface area contributed by atoms with Crippen LogP contribution in [0.3, 0.4) is 0 Å². The normalized spacial score (nSPS) is 10.2. The van der Waals surface area contributed by atoms with E-state index in [1.165, 1.54) is 16.2 Å². The zero-order valence-corrected chi connectivity index (χ0v) is 13.0. The molecule has 2 rings (SSSR count). The number of hydrogen-bond donors (Lipinski definition) is 1. The van der Waals surface area contributed by atoms with Crippen molar-refractivity contribution in [3.05, 3.63) is 40.9 Å². The van der Waals surface area contributed by atoms with Gasteiger partial charge in [0, 0.05) is 17.1 Å². The molecule has 1 heterocycles. The highest BCUT2D eigenvalue weighted by molar-refractivity contribution is 7.15. The maximum absolute atomic E-state index is 12.3. The lowest BCUT2D eigenvalue weighted by Gasteiger charge is -2.19. The molecule has 2 amide bonds. The SMILES string of the molecule is CCN(C(=O)C(=O)Nc1nc(C)c(C)s1)c1ccccc1. The van der Waals surface area contributed by atoms with Crippen LogP contribution in [0.1, 0.15) is 17.5 Å². The van der Waals surface area contributed by atoms with Crippen LogP contribution in [0.25, 0.3) is 0 Å². The summed E-state index contributed by atoms with van der Waals surface area (Å²) in [6.07, 6.45) is 0. The van der Waals surface area contributed by atoms with Gasteiger partial charge in [-0.05, 0) is 32.9 Å². The van der Waals surface area contributed by atoms with Crippen LogP contribution < -0.4 is 10.2 Å². The summed E-state index contributed by atoms with van der Waals surface area (Å²) in [5.41, 5.74) is 1.56. The predicted octanol–water partition coefficient (Wildman–Crippen LogP) is 2.75. The number of nitrogens with zero attached hydrogens (tertiary/aromatic N) is 2. The molecule has 21 heavy (non-hydrogen) atoms. The number of rotatable bonds is 3. The average molecular weight is 303 g/mol. The Morgan fingerprint density at radius 2 is 1.90 bits per heavy atom. The number of likely N-dealkylation sites (N-methyl/N-ethyl adjacent to an activating group) is 1. The van der Waals surface area contributed by atoms with E-state index in [2.05, 4.69) is 10.3 Å². The van der Waals surface area contributed by atoms with Gasteiger partial charge in [0.25, 0.3) is 0 Å². The Kier molecular flexibility index (Phi) is 4.70. The van der Waals surface area contributed by atoms with Crippen LogP contribution in [-0.2, 0) is 9.59 Å². The molecular weight excluding hydrogens is 286 g/mol. The number of carbonyl (C=O) groups excluding carboxylic acids is 2. The lowest BCUT2D eigenvalue weighted by atomic mass is 10.3. The van der Waals surface area contributed by atoms with E-state index < -0.39 is 11.8 Å². The molecule has 110 valence electrons. The van der Waals surface area contributed by atoms with Crippen molar-refractivity contribution in [2.24, 2.45) is 0 Å². The molecule has 1 aromatic carbocycles. The van der Waals surface area contributed by atoms with E-state index in [9.17, 15) is 9.59 Å². The van der Waals surface area contributed by atoms with Gasteiger partial charge in [-0.15, -0.1) is 11.3 Å². The van der Waals surface area contributed by atoms with Crippen molar-refractivity contribution in [2.75, 3.05) is 16.8 Å². The number of amides is 2. The number of hydrogen-bond acceptors (Lipinski definition) is 4. The molecule has 5 nitrogen and oxygen atoms in total. The minimum Gasteiger partial charge on any atom is -0.304 e. The zero-order chi connectivity index (χ0) is 15.4. The number of carbonyl (C=O) groups is 2. The fraction of sp³-hybridized carbons (Fsp3) is 0.267. The Labute approximate surface area is 127 Å². The van der Waals surface area contributed by atoms with Gasteiger partial charge in [-0.1, -0.05) is 18.2 Å². The number of para-hydroxylation sites is 1. The first-order chi connectivity index (χ1) is 10.0. The highest BCUT2D eigenvalue weighted by Crippen LogP contribution is 2.21. The van der Waals surface area contributed by atoms with Gasteiger partial charge in [0.05, 0.1) is 5.69 Å². The molecule has 0 unspecified atom stereocenters. The Bertz CT molecular complexity index is 633. The summed E-state index contributed by atoms with van der Waals surface area (Å²) in [5, 5.41) is 3.02. The van der Waals surface area contributed by atoms with Gasteiger partial charge in [0.2, 0.25) is 0 Å². The molecule has 0 spiro atoms. The molecule has 0 saturated carbocycles. The first-order valence-electron chi connectivity index (χ1n) is 6.64. The van der Waals surface area contributed by atoms with E-state index in [0.717, 1.165) is 10.6 Å².